The Hall–Kier alpha value is -1.07. The van der Waals surface area contributed by atoms with Gasteiger partial charge in [-0.15, -0.1) is 0 Å². The van der Waals surface area contributed by atoms with E-state index >= 15 is 0 Å². The third-order valence-electron chi connectivity index (χ3n) is 3.84. The molecule has 5 heteroatoms. The molecule has 1 aromatic rings. The molecule has 1 aliphatic heterocycles. The Balaban J connectivity index is 1.83. The largest absolute Gasteiger partial charge is 0.486 e. The van der Waals surface area contributed by atoms with Gasteiger partial charge in [-0.05, 0) is 32.0 Å². The number of ether oxygens (including phenoxy) is 2. The predicted molar refractivity (Wildman–Crippen MR) is 74.3 cm³/mol. The third-order valence-corrected chi connectivity index (χ3v) is 5.68. The van der Waals surface area contributed by atoms with Gasteiger partial charge in [0.25, 0.3) is 0 Å². The molecule has 104 valence electrons. The molecule has 0 aromatic heterocycles. The SMILES string of the molecule is CNC1CCCC1S(=O)c1ccc2c(c1)OCCO2. The molecular weight excluding hydrogens is 262 g/mol. The zero-order valence-electron chi connectivity index (χ0n) is 11.1. The van der Waals surface area contributed by atoms with Crippen molar-refractivity contribution in [2.45, 2.75) is 35.4 Å². The van der Waals surface area contributed by atoms with E-state index < -0.39 is 10.8 Å². The highest BCUT2D eigenvalue weighted by Crippen LogP contribution is 2.34. The van der Waals surface area contributed by atoms with Gasteiger partial charge in [-0.3, -0.25) is 4.21 Å². The lowest BCUT2D eigenvalue weighted by molar-refractivity contribution is 0.171. The summed E-state index contributed by atoms with van der Waals surface area (Å²) < 4.78 is 23.7. The summed E-state index contributed by atoms with van der Waals surface area (Å²) in [5.74, 6) is 1.47. The minimum atomic E-state index is -0.985. The standard InChI is InChI=1S/C14H19NO3S/c1-15-11-3-2-4-14(11)19(16)10-5-6-12-13(9-10)18-8-7-17-12/h5-6,9,11,14-15H,2-4,7-8H2,1H3. The van der Waals surface area contributed by atoms with Crippen LogP contribution in [0.2, 0.25) is 0 Å². The van der Waals surface area contributed by atoms with Crippen molar-refractivity contribution in [3.63, 3.8) is 0 Å². The minimum absolute atomic E-state index is 0.201. The van der Waals surface area contributed by atoms with Crippen LogP contribution in [-0.2, 0) is 10.8 Å². The Morgan fingerprint density at radius 3 is 2.79 bits per heavy atom. The van der Waals surface area contributed by atoms with Crippen LogP contribution >= 0.6 is 0 Å². The van der Waals surface area contributed by atoms with Crippen LogP contribution in [0.25, 0.3) is 0 Å². The summed E-state index contributed by atoms with van der Waals surface area (Å²) in [5, 5.41) is 3.48. The van der Waals surface area contributed by atoms with Crippen LogP contribution in [0.15, 0.2) is 23.1 Å². The van der Waals surface area contributed by atoms with Crippen molar-refractivity contribution in [2.24, 2.45) is 0 Å². The molecule has 0 amide bonds. The fraction of sp³-hybridized carbons (Fsp3) is 0.571. The quantitative estimate of drug-likeness (QED) is 0.916. The molecule has 0 saturated heterocycles. The van der Waals surface area contributed by atoms with Crippen LogP contribution < -0.4 is 14.8 Å². The van der Waals surface area contributed by atoms with Crippen LogP contribution in [0.1, 0.15) is 19.3 Å². The fourth-order valence-electron chi connectivity index (χ4n) is 2.84. The molecule has 4 nitrogen and oxygen atoms in total. The van der Waals surface area contributed by atoms with Gasteiger partial charge < -0.3 is 14.8 Å². The van der Waals surface area contributed by atoms with Gasteiger partial charge in [0.1, 0.15) is 13.2 Å². The molecule has 1 N–H and O–H groups in total. The van der Waals surface area contributed by atoms with Crippen molar-refractivity contribution in [1.29, 1.82) is 0 Å². The van der Waals surface area contributed by atoms with Gasteiger partial charge in [0.2, 0.25) is 0 Å². The van der Waals surface area contributed by atoms with Gasteiger partial charge in [0, 0.05) is 17.0 Å². The highest BCUT2D eigenvalue weighted by atomic mass is 32.2. The normalized spacial score (nSPS) is 27.2. The Kier molecular flexibility index (Phi) is 3.75. The van der Waals surface area contributed by atoms with Crippen LogP contribution in [0.5, 0.6) is 11.5 Å². The summed E-state index contributed by atoms with van der Waals surface area (Å²) in [7, 11) is 0.964. The molecule has 3 rings (SSSR count). The Morgan fingerprint density at radius 2 is 2.00 bits per heavy atom. The molecule has 3 unspecified atom stereocenters. The smallest absolute Gasteiger partial charge is 0.162 e. The highest BCUT2D eigenvalue weighted by molar-refractivity contribution is 7.85. The van der Waals surface area contributed by atoms with E-state index in [9.17, 15) is 4.21 Å². The lowest BCUT2D eigenvalue weighted by Gasteiger charge is -2.21. The van der Waals surface area contributed by atoms with E-state index in [4.69, 9.17) is 9.47 Å². The zero-order chi connectivity index (χ0) is 13.2. The fourth-order valence-corrected chi connectivity index (χ4v) is 4.56. The Bertz CT molecular complexity index is 492. The van der Waals surface area contributed by atoms with E-state index in [1.807, 2.05) is 25.2 Å². The van der Waals surface area contributed by atoms with E-state index in [-0.39, 0.29) is 5.25 Å². The average molecular weight is 281 g/mol. The highest BCUT2D eigenvalue weighted by Gasteiger charge is 2.32. The number of hydrogen-bond acceptors (Lipinski definition) is 4. The van der Waals surface area contributed by atoms with Crippen molar-refractivity contribution in [1.82, 2.24) is 5.32 Å². The molecule has 19 heavy (non-hydrogen) atoms. The van der Waals surface area contributed by atoms with Crippen LogP contribution in [0.4, 0.5) is 0 Å². The summed E-state index contributed by atoms with van der Waals surface area (Å²) in [6.45, 7) is 1.14. The van der Waals surface area contributed by atoms with Crippen molar-refractivity contribution < 1.29 is 13.7 Å². The maximum absolute atomic E-state index is 12.7. The molecule has 1 fully saturated rings. The van der Waals surface area contributed by atoms with Crippen molar-refractivity contribution >= 4 is 10.8 Å². The van der Waals surface area contributed by atoms with Gasteiger partial charge in [-0.25, -0.2) is 0 Å². The monoisotopic (exact) mass is 281 g/mol. The summed E-state index contributed by atoms with van der Waals surface area (Å²) in [6.07, 6.45) is 3.27. The minimum Gasteiger partial charge on any atom is -0.486 e. The van der Waals surface area contributed by atoms with E-state index in [0.717, 1.165) is 35.7 Å². The molecule has 0 spiro atoms. The predicted octanol–water partition coefficient (Wildman–Crippen LogP) is 1.71. The topological polar surface area (TPSA) is 47.6 Å². The molecule has 2 aliphatic rings. The molecule has 0 bridgehead atoms. The van der Waals surface area contributed by atoms with Crippen molar-refractivity contribution in [2.75, 3.05) is 20.3 Å². The second-order valence-corrected chi connectivity index (χ2v) is 6.64. The van der Waals surface area contributed by atoms with Gasteiger partial charge in [-0.2, -0.15) is 0 Å². The number of fused-ring (bicyclic) bond motifs is 1. The van der Waals surface area contributed by atoms with E-state index in [1.165, 1.54) is 0 Å². The lowest BCUT2D eigenvalue weighted by atomic mass is 10.2. The zero-order valence-corrected chi connectivity index (χ0v) is 11.9. The van der Waals surface area contributed by atoms with Crippen molar-refractivity contribution in [3.05, 3.63) is 18.2 Å². The van der Waals surface area contributed by atoms with Gasteiger partial charge in [0.05, 0.1) is 16.0 Å². The van der Waals surface area contributed by atoms with Crippen LogP contribution in [-0.4, -0.2) is 35.8 Å². The molecule has 3 atom stereocenters. The second-order valence-electron chi connectivity index (χ2n) is 4.97. The average Bonchev–Trinajstić information content (AvgIpc) is 2.94. The van der Waals surface area contributed by atoms with E-state index in [2.05, 4.69) is 5.32 Å². The van der Waals surface area contributed by atoms with Gasteiger partial charge >= 0.3 is 0 Å². The molecule has 1 saturated carbocycles. The summed E-state index contributed by atoms with van der Waals surface area (Å²) >= 11 is 0. The summed E-state index contributed by atoms with van der Waals surface area (Å²) in [4.78, 5) is 0.844. The van der Waals surface area contributed by atoms with Gasteiger partial charge in [-0.1, -0.05) is 6.42 Å². The Morgan fingerprint density at radius 1 is 1.21 bits per heavy atom. The summed E-state index contributed by atoms with van der Waals surface area (Å²) in [5.41, 5.74) is 0. The van der Waals surface area contributed by atoms with Gasteiger partial charge in [0.15, 0.2) is 11.5 Å². The first-order valence-corrected chi connectivity index (χ1v) is 7.98. The summed E-state index contributed by atoms with van der Waals surface area (Å²) in [6, 6.07) is 5.99. The van der Waals surface area contributed by atoms with Crippen LogP contribution in [0.3, 0.4) is 0 Å². The lowest BCUT2D eigenvalue weighted by Crippen LogP contribution is -2.35. The maximum Gasteiger partial charge on any atom is 0.162 e. The molecule has 1 aromatic carbocycles. The maximum atomic E-state index is 12.7. The molecule has 1 heterocycles. The van der Waals surface area contributed by atoms with Crippen molar-refractivity contribution in [3.8, 4) is 11.5 Å². The van der Waals surface area contributed by atoms with E-state index in [1.54, 1.807) is 0 Å². The molecular formula is C14H19NO3S. The first-order valence-electron chi connectivity index (χ1n) is 6.77. The molecule has 1 aliphatic carbocycles. The first kappa shape index (κ1) is 12.9. The number of nitrogens with one attached hydrogen (secondary N) is 1. The van der Waals surface area contributed by atoms with Crippen LogP contribution in [0, 0.1) is 0 Å². The first-order chi connectivity index (χ1) is 9.29. The van der Waals surface area contributed by atoms with E-state index in [0.29, 0.717) is 19.3 Å². The number of rotatable bonds is 3. The second kappa shape index (κ2) is 5.51. The Labute approximate surface area is 115 Å². The third kappa shape index (κ3) is 2.49. The number of hydrogen-bond donors (Lipinski definition) is 1. The number of benzene rings is 1. The molecule has 0 radical (unpaired) electrons.